The molecule has 0 aromatic rings. The molecule has 1 aliphatic heterocycles. The van der Waals surface area contributed by atoms with E-state index in [0.29, 0.717) is 12.2 Å². The molecular formula is C15H30O9S3. The van der Waals surface area contributed by atoms with Gasteiger partial charge in [0.05, 0.1) is 24.9 Å². The maximum absolute atomic E-state index is 10.1. The number of thiol groups is 3. The summed E-state index contributed by atoms with van der Waals surface area (Å²) < 4.78 is 21.9. The van der Waals surface area contributed by atoms with Crippen molar-refractivity contribution in [2.75, 3.05) is 23.9 Å². The van der Waals surface area contributed by atoms with E-state index in [1.807, 2.05) is 0 Å². The second-order valence-electron chi connectivity index (χ2n) is 6.13. The summed E-state index contributed by atoms with van der Waals surface area (Å²) in [4.78, 5) is 0. The van der Waals surface area contributed by atoms with Crippen LogP contribution in [0.25, 0.3) is 0 Å². The van der Waals surface area contributed by atoms with E-state index in [-0.39, 0.29) is 18.1 Å². The van der Waals surface area contributed by atoms with Gasteiger partial charge in [-0.15, -0.1) is 0 Å². The van der Waals surface area contributed by atoms with Crippen LogP contribution in [0.2, 0.25) is 0 Å². The zero-order valence-corrected chi connectivity index (χ0v) is 17.6. The summed E-state index contributed by atoms with van der Waals surface area (Å²) in [5, 5.41) is 48.7. The summed E-state index contributed by atoms with van der Waals surface area (Å²) in [7, 11) is 0. The first kappa shape index (κ1) is 25.7. The van der Waals surface area contributed by atoms with Crippen LogP contribution in [0.15, 0.2) is 0 Å². The monoisotopic (exact) mass is 450 g/mol. The first-order valence-electron chi connectivity index (χ1n) is 8.57. The van der Waals surface area contributed by atoms with E-state index in [2.05, 4.69) is 37.9 Å². The molecule has 12 heteroatoms. The van der Waals surface area contributed by atoms with Crippen molar-refractivity contribution in [1.82, 2.24) is 0 Å². The Kier molecular flexibility index (Phi) is 12.5. The van der Waals surface area contributed by atoms with Crippen molar-refractivity contribution in [3.63, 3.8) is 0 Å². The first-order valence-corrected chi connectivity index (χ1v) is 10.5. The largest absolute Gasteiger partial charge is 0.388 e. The first-order chi connectivity index (χ1) is 12.8. The van der Waals surface area contributed by atoms with Gasteiger partial charge < -0.3 is 44.5 Å². The van der Waals surface area contributed by atoms with E-state index < -0.39 is 55.5 Å². The molecule has 162 valence electrons. The summed E-state index contributed by atoms with van der Waals surface area (Å²) in [6, 6.07) is 0. The van der Waals surface area contributed by atoms with E-state index in [1.54, 1.807) is 6.92 Å². The van der Waals surface area contributed by atoms with Crippen LogP contribution in [0.5, 0.6) is 0 Å². The molecule has 7 unspecified atom stereocenters. The number of rotatable bonds is 12. The molecule has 0 amide bonds. The highest BCUT2D eigenvalue weighted by atomic mass is 32.1. The maximum Gasteiger partial charge on any atom is 0.209 e. The number of aliphatic hydroxyl groups is 5. The summed E-state index contributed by atoms with van der Waals surface area (Å²) in [6.07, 6.45) is -10.3. The van der Waals surface area contributed by atoms with Crippen LogP contribution >= 0.6 is 37.9 Å². The van der Waals surface area contributed by atoms with Gasteiger partial charge in [-0.05, 0) is 19.1 Å². The minimum Gasteiger partial charge on any atom is -0.388 e. The molecule has 1 saturated heterocycles. The summed E-state index contributed by atoms with van der Waals surface area (Å²) in [5.74, 6) is 0.828. The quantitative estimate of drug-likeness (QED) is 0.101. The van der Waals surface area contributed by atoms with Crippen LogP contribution < -0.4 is 0 Å². The molecule has 8 atom stereocenters. The second-order valence-corrected chi connectivity index (χ2v) is 7.30. The number of hydrogen-bond acceptors (Lipinski definition) is 12. The number of hydrogen-bond donors (Lipinski definition) is 8. The van der Waals surface area contributed by atoms with E-state index in [4.69, 9.17) is 18.9 Å². The number of aliphatic hydroxyl groups excluding tert-OH is 4. The third-order valence-corrected chi connectivity index (χ3v) is 5.07. The van der Waals surface area contributed by atoms with Crippen LogP contribution in [0, 0.1) is 0 Å². The molecule has 0 bridgehead atoms. The molecule has 0 spiro atoms. The third kappa shape index (κ3) is 7.79. The minimum absolute atomic E-state index is 0.115. The molecule has 5 N–H and O–H groups in total. The van der Waals surface area contributed by atoms with Crippen molar-refractivity contribution in [1.29, 1.82) is 0 Å². The highest BCUT2D eigenvalue weighted by molar-refractivity contribution is 7.80. The molecular weight excluding hydrogens is 420 g/mol. The smallest absolute Gasteiger partial charge is 0.209 e. The molecule has 1 fully saturated rings. The topological polar surface area (TPSA) is 138 Å². The molecule has 0 aromatic heterocycles. The summed E-state index contributed by atoms with van der Waals surface area (Å²) in [6.45, 7) is 1.83. The van der Waals surface area contributed by atoms with Gasteiger partial charge in [0.25, 0.3) is 0 Å². The highest BCUT2D eigenvalue weighted by Gasteiger charge is 2.44. The van der Waals surface area contributed by atoms with Gasteiger partial charge in [0.1, 0.15) is 18.3 Å². The Morgan fingerprint density at radius 1 is 1.04 bits per heavy atom. The lowest BCUT2D eigenvalue weighted by Crippen LogP contribution is -2.59. The molecule has 0 aromatic carbocycles. The lowest BCUT2D eigenvalue weighted by molar-refractivity contribution is -0.320. The molecule has 9 nitrogen and oxygen atoms in total. The van der Waals surface area contributed by atoms with E-state index in [0.717, 1.165) is 0 Å². The maximum atomic E-state index is 10.1. The molecule has 1 aliphatic rings. The van der Waals surface area contributed by atoms with Gasteiger partial charge in [-0.1, -0.05) is 0 Å². The van der Waals surface area contributed by atoms with Crippen molar-refractivity contribution in [3.05, 3.63) is 0 Å². The normalized spacial score (nSPS) is 32.4. The van der Waals surface area contributed by atoms with Crippen molar-refractivity contribution >= 4 is 37.9 Å². The van der Waals surface area contributed by atoms with Gasteiger partial charge >= 0.3 is 0 Å². The zero-order chi connectivity index (χ0) is 20.6. The van der Waals surface area contributed by atoms with Gasteiger partial charge in [-0.25, -0.2) is 0 Å². The minimum atomic E-state index is -1.87. The Morgan fingerprint density at radius 2 is 1.70 bits per heavy atom. The Bertz CT molecular complexity index is 405. The molecule has 1 rings (SSSR count). The van der Waals surface area contributed by atoms with Crippen LogP contribution in [0.3, 0.4) is 0 Å². The third-order valence-electron chi connectivity index (χ3n) is 4.04. The second kappa shape index (κ2) is 13.1. The average molecular weight is 451 g/mol. The average Bonchev–Trinajstić information content (AvgIpc) is 2.64. The molecule has 0 saturated carbocycles. The molecule has 1 heterocycles. The Balaban J connectivity index is 2.69. The molecule has 0 radical (unpaired) electrons. The SMILES string of the molecule is C[C@H](OC1OC(CS)C(O)C(O)C1O)C(CS)OC(OCCCS)C(O)O. The predicted molar refractivity (Wildman–Crippen MR) is 106 cm³/mol. The highest BCUT2D eigenvalue weighted by Crippen LogP contribution is 2.25. The summed E-state index contributed by atoms with van der Waals surface area (Å²) in [5.41, 5.74) is 0. The Labute approximate surface area is 175 Å². The number of ether oxygens (including phenoxy) is 4. The van der Waals surface area contributed by atoms with E-state index >= 15 is 0 Å². The van der Waals surface area contributed by atoms with Gasteiger partial charge in [-0.2, -0.15) is 37.9 Å². The van der Waals surface area contributed by atoms with Crippen LogP contribution in [0.4, 0.5) is 0 Å². The molecule has 0 aliphatic carbocycles. The zero-order valence-electron chi connectivity index (χ0n) is 14.9. The molecule has 27 heavy (non-hydrogen) atoms. The van der Waals surface area contributed by atoms with E-state index in [1.165, 1.54) is 0 Å². The van der Waals surface area contributed by atoms with Crippen LogP contribution in [-0.2, 0) is 18.9 Å². The Morgan fingerprint density at radius 3 is 2.22 bits per heavy atom. The lowest BCUT2D eigenvalue weighted by atomic mass is 10.00. The van der Waals surface area contributed by atoms with Crippen molar-refractivity contribution in [2.24, 2.45) is 0 Å². The van der Waals surface area contributed by atoms with Gasteiger partial charge in [0.2, 0.25) is 12.6 Å². The van der Waals surface area contributed by atoms with Crippen LogP contribution in [0.1, 0.15) is 13.3 Å². The standard InChI is InChI=1S/C15H30O9S3/c1-7(8(5-26)23-15(13(19)20)21-3-2-4-25)22-14-12(18)11(17)10(16)9(6-27)24-14/h7-20,25-27H,2-6H2,1H3/t7-,8?,9?,10?,11?,12?,14?,15?/m0/s1. The van der Waals surface area contributed by atoms with Crippen molar-refractivity contribution in [2.45, 2.75) is 68.8 Å². The van der Waals surface area contributed by atoms with Crippen molar-refractivity contribution < 1.29 is 44.5 Å². The van der Waals surface area contributed by atoms with Crippen LogP contribution in [-0.4, -0.2) is 105 Å². The lowest BCUT2D eigenvalue weighted by Gasteiger charge is -2.41. The fourth-order valence-corrected chi connectivity index (χ4v) is 3.23. The predicted octanol–water partition coefficient (Wildman–Crippen LogP) is -1.58. The van der Waals surface area contributed by atoms with Gasteiger partial charge in [0.15, 0.2) is 6.29 Å². The summed E-state index contributed by atoms with van der Waals surface area (Å²) >= 11 is 12.3. The van der Waals surface area contributed by atoms with Gasteiger partial charge in [-0.3, -0.25) is 0 Å². The fraction of sp³-hybridized carbons (Fsp3) is 1.00. The van der Waals surface area contributed by atoms with Crippen molar-refractivity contribution in [3.8, 4) is 0 Å². The Hall–Kier alpha value is 0.690. The fourth-order valence-electron chi connectivity index (χ4n) is 2.41. The van der Waals surface area contributed by atoms with E-state index in [9.17, 15) is 25.5 Å². The van der Waals surface area contributed by atoms with Gasteiger partial charge in [0, 0.05) is 11.5 Å².